The van der Waals surface area contributed by atoms with Crippen LogP contribution in [0.25, 0.3) is 22.4 Å². The van der Waals surface area contributed by atoms with Crippen LogP contribution in [0.3, 0.4) is 0 Å². The van der Waals surface area contributed by atoms with E-state index in [0.29, 0.717) is 11.0 Å². The predicted molar refractivity (Wildman–Crippen MR) is 77.6 cm³/mol. The lowest BCUT2D eigenvalue weighted by Crippen LogP contribution is -1.97. The quantitative estimate of drug-likeness (QED) is 0.643. The van der Waals surface area contributed by atoms with Crippen molar-refractivity contribution in [1.82, 2.24) is 19.9 Å². The molecular weight excluding hydrogens is 272 g/mol. The largest absolute Gasteiger partial charge is 0.253 e. The molecule has 0 bridgehead atoms. The molecule has 0 atom stereocenters. The van der Waals surface area contributed by atoms with Crippen molar-refractivity contribution in [1.29, 1.82) is 0 Å². The van der Waals surface area contributed by atoms with Crippen molar-refractivity contribution in [2.45, 2.75) is 19.3 Å². The summed E-state index contributed by atoms with van der Waals surface area (Å²) in [5.74, 6) is 0.670. The van der Waals surface area contributed by atoms with Gasteiger partial charge in [-0.1, -0.05) is 11.6 Å². The molecule has 0 saturated carbocycles. The summed E-state index contributed by atoms with van der Waals surface area (Å²) in [7, 11) is 0. The standard InChI is InChI=1S/C15H11ClN4/c16-14-10-2-1-3-11(10)19-15(20-14)9-4-5-12-13(8-9)18-7-6-17-12/h4-8H,1-3H2. The highest BCUT2D eigenvalue weighted by molar-refractivity contribution is 6.30. The molecule has 0 radical (unpaired) electrons. The molecule has 2 aromatic heterocycles. The Hall–Kier alpha value is -2.07. The zero-order valence-electron chi connectivity index (χ0n) is 10.7. The van der Waals surface area contributed by atoms with Crippen molar-refractivity contribution < 1.29 is 0 Å². The SMILES string of the molecule is Clc1nc(-c2ccc3nccnc3c2)nc2c1CCC2. The normalized spacial score (nSPS) is 13.7. The van der Waals surface area contributed by atoms with E-state index in [2.05, 4.69) is 19.9 Å². The lowest BCUT2D eigenvalue weighted by atomic mass is 10.1. The van der Waals surface area contributed by atoms with Crippen LogP contribution in [-0.4, -0.2) is 19.9 Å². The molecule has 0 unspecified atom stereocenters. The molecule has 4 rings (SSSR count). The maximum absolute atomic E-state index is 6.26. The molecule has 1 aromatic carbocycles. The van der Waals surface area contributed by atoms with Gasteiger partial charge in [0.25, 0.3) is 0 Å². The summed E-state index contributed by atoms with van der Waals surface area (Å²) in [6.45, 7) is 0. The molecular formula is C15H11ClN4. The van der Waals surface area contributed by atoms with Gasteiger partial charge < -0.3 is 0 Å². The van der Waals surface area contributed by atoms with Gasteiger partial charge in [-0.05, 0) is 37.5 Å². The smallest absolute Gasteiger partial charge is 0.161 e. The van der Waals surface area contributed by atoms with Crippen molar-refractivity contribution in [3.63, 3.8) is 0 Å². The zero-order chi connectivity index (χ0) is 13.5. The maximum atomic E-state index is 6.26. The van der Waals surface area contributed by atoms with Crippen LogP contribution in [0.15, 0.2) is 30.6 Å². The van der Waals surface area contributed by atoms with E-state index in [1.807, 2.05) is 18.2 Å². The van der Waals surface area contributed by atoms with E-state index < -0.39 is 0 Å². The molecule has 1 aliphatic carbocycles. The Kier molecular flexibility index (Phi) is 2.63. The topological polar surface area (TPSA) is 51.6 Å². The molecule has 3 aromatic rings. The van der Waals surface area contributed by atoms with Crippen molar-refractivity contribution in [3.8, 4) is 11.4 Å². The zero-order valence-corrected chi connectivity index (χ0v) is 11.4. The number of hydrogen-bond donors (Lipinski definition) is 0. The molecule has 0 spiro atoms. The Balaban J connectivity index is 1.88. The second kappa shape index (κ2) is 4.49. The van der Waals surface area contributed by atoms with Crippen LogP contribution >= 0.6 is 11.6 Å². The van der Waals surface area contributed by atoms with Gasteiger partial charge in [0.2, 0.25) is 0 Å². The highest BCUT2D eigenvalue weighted by Crippen LogP contribution is 2.29. The van der Waals surface area contributed by atoms with E-state index in [4.69, 9.17) is 11.6 Å². The van der Waals surface area contributed by atoms with Gasteiger partial charge in [0, 0.05) is 29.2 Å². The summed E-state index contributed by atoms with van der Waals surface area (Å²) >= 11 is 6.26. The van der Waals surface area contributed by atoms with Gasteiger partial charge >= 0.3 is 0 Å². The minimum atomic E-state index is 0.585. The van der Waals surface area contributed by atoms with Crippen LogP contribution in [0.4, 0.5) is 0 Å². The summed E-state index contributed by atoms with van der Waals surface area (Å²) in [4.78, 5) is 17.6. The van der Waals surface area contributed by atoms with E-state index in [1.165, 1.54) is 0 Å². The lowest BCUT2D eigenvalue weighted by Gasteiger charge is -2.06. The predicted octanol–water partition coefficient (Wildman–Crippen LogP) is 3.23. The number of aryl methyl sites for hydroxylation is 1. The molecule has 0 N–H and O–H groups in total. The third kappa shape index (κ3) is 1.84. The lowest BCUT2D eigenvalue weighted by molar-refractivity contribution is 0.900. The summed E-state index contributed by atoms with van der Waals surface area (Å²) in [5, 5.41) is 0.585. The van der Waals surface area contributed by atoms with E-state index in [-0.39, 0.29) is 0 Å². The maximum Gasteiger partial charge on any atom is 0.161 e. The first-order chi connectivity index (χ1) is 9.81. The first-order valence-electron chi connectivity index (χ1n) is 6.58. The fraction of sp³-hybridized carbons (Fsp3) is 0.200. The third-order valence-corrected chi connectivity index (χ3v) is 3.92. The number of benzene rings is 1. The van der Waals surface area contributed by atoms with Crippen LogP contribution < -0.4 is 0 Å². The van der Waals surface area contributed by atoms with Crippen LogP contribution in [0.1, 0.15) is 17.7 Å². The third-order valence-electron chi connectivity index (χ3n) is 3.61. The summed E-state index contributed by atoms with van der Waals surface area (Å²) in [5.41, 5.74) is 4.82. The molecule has 98 valence electrons. The molecule has 5 heteroatoms. The van der Waals surface area contributed by atoms with Gasteiger partial charge in [0.15, 0.2) is 5.82 Å². The summed E-state index contributed by atoms with van der Waals surface area (Å²) in [6.07, 6.45) is 6.44. The van der Waals surface area contributed by atoms with E-state index in [0.717, 1.165) is 47.1 Å². The molecule has 0 amide bonds. The highest BCUT2D eigenvalue weighted by Gasteiger charge is 2.18. The number of aromatic nitrogens is 4. The molecule has 20 heavy (non-hydrogen) atoms. The van der Waals surface area contributed by atoms with Gasteiger partial charge in [0.05, 0.1) is 11.0 Å². The fourth-order valence-electron chi connectivity index (χ4n) is 2.62. The number of fused-ring (bicyclic) bond motifs is 2. The minimum absolute atomic E-state index is 0.585. The average Bonchev–Trinajstić information content (AvgIpc) is 2.96. The van der Waals surface area contributed by atoms with Gasteiger partial charge in [-0.15, -0.1) is 0 Å². The van der Waals surface area contributed by atoms with Crippen molar-refractivity contribution in [2.75, 3.05) is 0 Å². The highest BCUT2D eigenvalue weighted by atomic mass is 35.5. The minimum Gasteiger partial charge on any atom is -0.253 e. The first kappa shape index (κ1) is 11.7. The van der Waals surface area contributed by atoms with Crippen molar-refractivity contribution in [2.24, 2.45) is 0 Å². The summed E-state index contributed by atoms with van der Waals surface area (Å²) in [6, 6.07) is 5.85. The summed E-state index contributed by atoms with van der Waals surface area (Å²) < 4.78 is 0. The molecule has 0 saturated heterocycles. The Morgan fingerprint density at radius 2 is 1.80 bits per heavy atom. The van der Waals surface area contributed by atoms with Crippen LogP contribution in [0, 0.1) is 0 Å². The van der Waals surface area contributed by atoms with Crippen LogP contribution in [0.2, 0.25) is 5.15 Å². The number of nitrogens with zero attached hydrogens (tertiary/aromatic N) is 4. The average molecular weight is 283 g/mol. The molecule has 1 aliphatic rings. The molecule has 2 heterocycles. The number of halogens is 1. The number of rotatable bonds is 1. The Labute approximate surface area is 120 Å². The fourth-order valence-corrected chi connectivity index (χ4v) is 2.90. The molecule has 0 fully saturated rings. The monoisotopic (exact) mass is 282 g/mol. The van der Waals surface area contributed by atoms with Gasteiger partial charge in [-0.2, -0.15) is 0 Å². The van der Waals surface area contributed by atoms with Crippen molar-refractivity contribution in [3.05, 3.63) is 47.0 Å². The van der Waals surface area contributed by atoms with E-state index >= 15 is 0 Å². The Morgan fingerprint density at radius 3 is 2.70 bits per heavy atom. The molecule has 0 aliphatic heterocycles. The van der Waals surface area contributed by atoms with Gasteiger partial charge in [-0.3, -0.25) is 9.97 Å². The first-order valence-corrected chi connectivity index (χ1v) is 6.95. The Morgan fingerprint density at radius 1 is 0.950 bits per heavy atom. The number of hydrogen-bond acceptors (Lipinski definition) is 4. The van der Waals surface area contributed by atoms with Crippen LogP contribution in [-0.2, 0) is 12.8 Å². The van der Waals surface area contributed by atoms with Crippen LogP contribution in [0.5, 0.6) is 0 Å². The Bertz CT molecular complexity index is 816. The second-order valence-corrected chi connectivity index (χ2v) is 5.23. The van der Waals surface area contributed by atoms with Gasteiger partial charge in [-0.25, -0.2) is 9.97 Å². The van der Waals surface area contributed by atoms with Gasteiger partial charge in [0.1, 0.15) is 5.15 Å². The van der Waals surface area contributed by atoms with E-state index in [9.17, 15) is 0 Å². The van der Waals surface area contributed by atoms with Crippen molar-refractivity contribution >= 4 is 22.6 Å². The van der Waals surface area contributed by atoms with E-state index in [1.54, 1.807) is 12.4 Å². The second-order valence-electron chi connectivity index (χ2n) is 4.88. The molecule has 4 nitrogen and oxygen atoms in total.